The Balaban J connectivity index is 2.30. The summed E-state index contributed by atoms with van der Waals surface area (Å²) in [4.78, 5) is 0. The number of aromatic nitrogens is 3. The topological polar surface area (TPSA) is 30.7 Å². The fourth-order valence-electron chi connectivity index (χ4n) is 1.54. The van der Waals surface area contributed by atoms with Gasteiger partial charge in [0.15, 0.2) is 11.6 Å². The lowest BCUT2D eigenvalue weighted by molar-refractivity contribution is 0.499. The van der Waals surface area contributed by atoms with Crippen LogP contribution in [-0.4, -0.2) is 14.8 Å². The lowest BCUT2D eigenvalue weighted by Crippen LogP contribution is -2.04. The van der Waals surface area contributed by atoms with Gasteiger partial charge in [0.25, 0.3) is 0 Å². The average Bonchev–Trinajstić information content (AvgIpc) is 2.72. The summed E-state index contributed by atoms with van der Waals surface area (Å²) < 4.78 is 28.2. The van der Waals surface area contributed by atoms with Crippen LogP contribution in [0.25, 0.3) is 0 Å². The van der Waals surface area contributed by atoms with Crippen molar-refractivity contribution >= 4 is 0 Å². The Morgan fingerprint density at radius 1 is 1.31 bits per heavy atom. The molecule has 0 fully saturated rings. The normalized spacial score (nSPS) is 10.7. The summed E-state index contributed by atoms with van der Waals surface area (Å²) in [6.07, 6.45) is 1.82. The van der Waals surface area contributed by atoms with Crippen molar-refractivity contribution in [2.24, 2.45) is 0 Å². The second-order valence-electron chi connectivity index (χ2n) is 3.42. The van der Waals surface area contributed by atoms with Crippen molar-refractivity contribution in [3.05, 3.63) is 47.5 Å². The highest BCUT2D eigenvalue weighted by Gasteiger charge is 2.11. The van der Waals surface area contributed by atoms with Crippen LogP contribution in [0.2, 0.25) is 0 Å². The van der Waals surface area contributed by atoms with Gasteiger partial charge in [-0.05, 0) is 18.6 Å². The summed E-state index contributed by atoms with van der Waals surface area (Å²) in [5.74, 6) is -1.01. The van der Waals surface area contributed by atoms with Crippen LogP contribution in [0.4, 0.5) is 8.78 Å². The SMILES string of the molecule is CCn1cnnc1Cc1cccc(F)c1F. The summed E-state index contributed by atoms with van der Waals surface area (Å²) in [5.41, 5.74) is 0.294. The molecule has 1 aromatic heterocycles. The second kappa shape index (κ2) is 4.38. The smallest absolute Gasteiger partial charge is 0.162 e. The van der Waals surface area contributed by atoms with Crippen molar-refractivity contribution in [3.63, 3.8) is 0 Å². The summed E-state index contributed by atoms with van der Waals surface area (Å²) in [7, 11) is 0. The van der Waals surface area contributed by atoms with E-state index in [1.54, 1.807) is 17.0 Å². The van der Waals surface area contributed by atoms with Gasteiger partial charge in [0.1, 0.15) is 12.2 Å². The van der Waals surface area contributed by atoms with E-state index in [1.165, 1.54) is 6.07 Å². The van der Waals surface area contributed by atoms with Crippen LogP contribution in [-0.2, 0) is 13.0 Å². The van der Waals surface area contributed by atoms with Gasteiger partial charge < -0.3 is 4.57 Å². The first-order valence-corrected chi connectivity index (χ1v) is 5.02. The van der Waals surface area contributed by atoms with E-state index in [0.29, 0.717) is 17.9 Å². The number of hydrogen-bond donors (Lipinski definition) is 0. The lowest BCUT2D eigenvalue weighted by Gasteiger charge is -2.04. The zero-order valence-corrected chi connectivity index (χ0v) is 8.82. The van der Waals surface area contributed by atoms with E-state index in [-0.39, 0.29) is 6.42 Å². The molecule has 0 spiro atoms. The third-order valence-corrected chi connectivity index (χ3v) is 2.42. The molecule has 5 heteroatoms. The molecular weight excluding hydrogens is 212 g/mol. The molecule has 16 heavy (non-hydrogen) atoms. The van der Waals surface area contributed by atoms with Gasteiger partial charge in [-0.25, -0.2) is 8.78 Å². The zero-order chi connectivity index (χ0) is 11.5. The Bertz CT molecular complexity index is 494. The quantitative estimate of drug-likeness (QED) is 0.798. The molecule has 84 valence electrons. The van der Waals surface area contributed by atoms with Gasteiger partial charge in [0.05, 0.1) is 0 Å². The number of halogens is 2. The molecule has 2 aromatic rings. The first-order chi connectivity index (χ1) is 7.72. The number of nitrogens with zero attached hydrogens (tertiary/aromatic N) is 3. The van der Waals surface area contributed by atoms with Crippen LogP contribution in [0.1, 0.15) is 18.3 Å². The van der Waals surface area contributed by atoms with E-state index in [2.05, 4.69) is 10.2 Å². The molecule has 0 aliphatic carbocycles. The summed E-state index contributed by atoms with van der Waals surface area (Å²) in [6, 6.07) is 4.14. The highest BCUT2D eigenvalue weighted by Crippen LogP contribution is 2.14. The second-order valence-corrected chi connectivity index (χ2v) is 3.42. The standard InChI is InChI=1S/C11H11F2N3/c1-2-16-7-14-15-10(16)6-8-4-3-5-9(12)11(8)13/h3-5,7H,2,6H2,1H3. The highest BCUT2D eigenvalue weighted by molar-refractivity contribution is 5.22. The molecule has 3 nitrogen and oxygen atoms in total. The fraction of sp³-hybridized carbons (Fsp3) is 0.273. The predicted octanol–water partition coefficient (Wildman–Crippen LogP) is 2.17. The summed E-state index contributed by atoms with van der Waals surface area (Å²) >= 11 is 0. The average molecular weight is 223 g/mol. The minimum absolute atomic E-state index is 0.247. The van der Waals surface area contributed by atoms with Gasteiger partial charge in [0.2, 0.25) is 0 Å². The third-order valence-electron chi connectivity index (χ3n) is 2.42. The van der Waals surface area contributed by atoms with Crippen LogP contribution >= 0.6 is 0 Å². The van der Waals surface area contributed by atoms with E-state index in [4.69, 9.17) is 0 Å². The molecule has 0 unspecified atom stereocenters. The minimum atomic E-state index is -0.833. The van der Waals surface area contributed by atoms with Crippen LogP contribution in [0.5, 0.6) is 0 Å². The predicted molar refractivity (Wildman–Crippen MR) is 54.9 cm³/mol. The van der Waals surface area contributed by atoms with Gasteiger partial charge in [0, 0.05) is 13.0 Å². The fourth-order valence-corrected chi connectivity index (χ4v) is 1.54. The maximum Gasteiger partial charge on any atom is 0.162 e. The van der Waals surface area contributed by atoms with Crippen LogP contribution in [0.3, 0.4) is 0 Å². The number of rotatable bonds is 3. The monoisotopic (exact) mass is 223 g/mol. The highest BCUT2D eigenvalue weighted by atomic mass is 19.2. The van der Waals surface area contributed by atoms with E-state index in [9.17, 15) is 8.78 Å². The molecule has 0 atom stereocenters. The number of aryl methyl sites for hydroxylation is 1. The minimum Gasteiger partial charge on any atom is -0.318 e. The molecule has 0 radical (unpaired) electrons. The van der Waals surface area contributed by atoms with Crippen LogP contribution in [0, 0.1) is 11.6 Å². The molecule has 1 heterocycles. The molecule has 0 bridgehead atoms. The van der Waals surface area contributed by atoms with Crippen molar-refractivity contribution < 1.29 is 8.78 Å². The molecule has 0 aliphatic rings. The van der Waals surface area contributed by atoms with Crippen molar-refractivity contribution in [2.45, 2.75) is 19.9 Å². The number of hydrogen-bond acceptors (Lipinski definition) is 2. The van der Waals surface area contributed by atoms with Crippen molar-refractivity contribution in [1.82, 2.24) is 14.8 Å². The first kappa shape index (κ1) is 10.7. The Kier molecular flexibility index (Phi) is 2.94. The zero-order valence-electron chi connectivity index (χ0n) is 8.82. The molecule has 2 rings (SSSR count). The Morgan fingerprint density at radius 2 is 2.12 bits per heavy atom. The lowest BCUT2D eigenvalue weighted by atomic mass is 10.1. The summed E-state index contributed by atoms with van der Waals surface area (Å²) in [6.45, 7) is 2.65. The first-order valence-electron chi connectivity index (χ1n) is 5.02. The largest absolute Gasteiger partial charge is 0.318 e. The van der Waals surface area contributed by atoms with E-state index in [1.807, 2.05) is 6.92 Å². The van der Waals surface area contributed by atoms with Gasteiger partial charge >= 0.3 is 0 Å². The molecule has 1 aromatic carbocycles. The van der Waals surface area contributed by atoms with Crippen molar-refractivity contribution in [1.29, 1.82) is 0 Å². The van der Waals surface area contributed by atoms with Crippen LogP contribution < -0.4 is 0 Å². The molecule has 0 N–H and O–H groups in total. The molecular formula is C11H11F2N3. The van der Waals surface area contributed by atoms with E-state index < -0.39 is 11.6 Å². The molecule has 0 amide bonds. The van der Waals surface area contributed by atoms with Crippen molar-refractivity contribution in [2.75, 3.05) is 0 Å². The van der Waals surface area contributed by atoms with Gasteiger partial charge in [-0.3, -0.25) is 0 Å². The van der Waals surface area contributed by atoms with Gasteiger partial charge in [-0.2, -0.15) is 0 Å². The Labute approximate surface area is 91.7 Å². The third kappa shape index (κ3) is 1.93. The molecule has 0 saturated carbocycles. The van der Waals surface area contributed by atoms with Crippen molar-refractivity contribution in [3.8, 4) is 0 Å². The van der Waals surface area contributed by atoms with E-state index in [0.717, 1.165) is 6.07 Å². The molecule has 0 aliphatic heterocycles. The Morgan fingerprint density at radius 3 is 2.88 bits per heavy atom. The Hall–Kier alpha value is -1.78. The van der Waals surface area contributed by atoms with Gasteiger partial charge in [-0.1, -0.05) is 12.1 Å². The molecule has 0 saturated heterocycles. The van der Waals surface area contributed by atoms with E-state index >= 15 is 0 Å². The maximum absolute atomic E-state index is 13.4. The maximum atomic E-state index is 13.4. The number of benzene rings is 1. The van der Waals surface area contributed by atoms with Crippen LogP contribution in [0.15, 0.2) is 24.5 Å². The summed E-state index contributed by atoms with van der Waals surface area (Å²) in [5, 5.41) is 7.61. The van der Waals surface area contributed by atoms with Gasteiger partial charge in [-0.15, -0.1) is 10.2 Å².